The summed E-state index contributed by atoms with van der Waals surface area (Å²) in [5, 5.41) is 6.14. The Morgan fingerprint density at radius 3 is 2.28 bits per heavy atom. The lowest BCUT2D eigenvalue weighted by atomic mass is 10.1. The number of anilines is 4. The van der Waals surface area contributed by atoms with Gasteiger partial charge in [-0.15, -0.1) is 0 Å². The molecule has 1 fully saturated rings. The predicted octanol–water partition coefficient (Wildman–Crippen LogP) is 4.41. The molecule has 1 aromatic carbocycles. The van der Waals surface area contributed by atoms with E-state index in [0.29, 0.717) is 5.69 Å². The van der Waals surface area contributed by atoms with Crippen LogP contribution >= 0.6 is 0 Å². The molecule has 0 unspecified atom stereocenters. The van der Waals surface area contributed by atoms with E-state index in [2.05, 4.69) is 44.8 Å². The van der Waals surface area contributed by atoms with Crippen LogP contribution in [0.15, 0.2) is 42.6 Å². The molecule has 5 heteroatoms. The van der Waals surface area contributed by atoms with Crippen molar-refractivity contribution in [2.75, 3.05) is 28.6 Å². The number of pyridine rings is 1. The van der Waals surface area contributed by atoms with Crippen LogP contribution in [0.1, 0.15) is 33.1 Å². The van der Waals surface area contributed by atoms with Gasteiger partial charge >= 0.3 is 0 Å². The summed E-state index contributed by atoms with van der Waals surface area (Å²) < 4.78 is 0. The van der Waals surface area contributed by atoms with E-state index in [9.17, 15) is 4.79 Å². The molecular weight excluding hydrogens is 312 g/mol. The van der Waals surface area contributed by atoms with Crippen LogP contribution in [-0.2, 0) is 4.79 Å². The lowest BCUT2D eigenvalue weighted by Gasteiger charge is -2.28. The van der Waals surface area contributed by atoms with Crippen LogP contribution in [0.25, 0.3) is 0 Å². The Hall–Kier alpha value is -2.56. The average Bonchev–Trinajstić information content (AvgIpc) is 2.64. The number of rotatable bonds is 5. The standard InChI is InChI=1S/C20H26N4O/c1-15(2)20(25)23-17-8-11-19(21-14-17)22-16-6-9-18(10-7-16)24-12-4-3-5-13-24/h6-11,14-15H,3-5,12-13H2,1-2H3,(H,21,22)(H,23,25). The molecule has 3 rings (SSSR count). The van der Waals surface area contributed by atoms with Gasteiger partial charge in [-0.05, 0) is 55.7 Å². The summed E-state index contributed by atoms with van der Waals surface area (Å²) in [6.45, 7) is 6.04. The molecule has 5 nitrogen and oxygen atoms in total. The quantitative estimate of drug-likeness (QED) is 0.848. The highest BCUT2D eigenvalue weighted by Crippen LogP contribution is 2.23. The second-order valence-electron chi connectivity index (χ2n) is 6.80. The number of hydrogen-bond acceptors (Lipinski definition) is 4. The first-order valence-corrected chi connectivity index (χ1v) is 9.01. The Balaban J connectivity index is 1.59. The highest BCUT2D eigenvalue weighted by Gasteiger charge is 2.10. The molecule has 132 valence electrons. The molecule has 2 N–H and O–H groups in total. The van der Waals surface area contributed by atoms with Gasteiger partial charge in [-0.2, -0.15) is 0 Å². The van der Waals surface area contributed by atoms with Crippen molar-refractivity contribution in [3.05, 3.63) is 42.6 Å². The zero-order valence-electron chi connectivity index (χ0n) is 15.0. The first kappa shape index (κ1) is 17.3. The maximum absolute atomic E-state index is 11.7. The molecule has 1 aliphatic heterocycles. The van der Waals surface area contributed by atoms with E-state index in [0.717, 1.165) is 24.6 Å². The highest BCUT2D eigenvalue weighted by molar-refractivity contribution is 5.91. The third-order valence-electron chi connectivity index (χ3n) is 4.42. The Morgan fingerprint density at radius 1 is 1.00 bits per heavy atom. The van der Waals surface area contributed by atoms with Gasteiger partial charge in [0.05, 0.1) is 11.9 Å². The van der Waals surface area contributed by atoms with Crippen LogP contribution in [0.4, 0.5) is 22.9 Å². The summed E-state index contributed by atoms with van der Waals surface area (Å²) in [5.41, 5.74) is 3.00. The van der Waals surface area contributed by atoms with Crippen molar-refractivity contribution < 1.29 is 4.79 Å². The van der Waals surface area contributed by atoms with Crippen LogP contribution in [0.3, 0.4) is 0 Å². The minimum absolute atomic E-state index is 0.00388. The van der Waals surface area contributed by atoms with Gasteiger partial charge in [0.15, 0.2) is 0 Å². The van der Waals surface area contributed by atoms with E-state index in [-0.39, 0.29) is 11.8 Å². The smallest absolute Gasteiger partial charge is 0.226 e. The molecular formula is C20H26N4O. The minimum Gasteiger partial charge on any atom is -0.372 e. The van der Waals surface area contributed by atoms with E-state index >= 15 is 0 Å². The molecule has 1 saturated heterocycles. The topological polar surface area (TPSA) is 57.3 Å². The van der Waals surface area contributed by atoms with Crippen molar-refractivity contribution in [3.63, 3.8) is 0 Å². The number of aromatic nitrogens is 1. The number of nitrogens with zero attached hydrogens (tertiary/aromatic N) is 2. The van der Waals surface area contributed by atoms with Gasteiger partial charge in [-0.25, -0.2) is 4.98 Å². The first-order valence-electron chi connectivity index (χ1n) is 9.01. The number of carbonyl (C=O) groups is 1. The van der Waals surface area contributed by atoms with Crippen molar-refractivity contribution in [2.24, 2.45) is 5.92 Å². The number of amides is 1. The summed E-state index contributed by atoms with van der Waals surface area (Å²) in [6.07, 6.45) is 5.58. The number of nitrogens with one attached hydrogen (secondary N) is 2. The molecule has 0 radical (unpaired) electrons. The average molecular weight is 338 g/mol. The normalized spacial score (nSPS) is 14.4. The number of hydrogen-bond donors (Lipinski definition) is 2. The van der Waals surface area contributed by atoms with Crippen LogP contribution in [-0.4, -0.2) is 24.0 Å². The van der Waals surface area contributed by atoms with Gasteiger partial charge in [0.25, 0.3) is 0 Å². The Bertz CT molecular complexity index is 689. The van der Waals surface area contributed by atoms with Gasteiger partial charge in [0.1, 0.15) is 5.82 Å². The maximum Gasteiger partial charge on any atom is 0.226 e. The van der Waals surface area contributed by atoms with Gasteiger partial charge in [-0.3, -0.25) is 4.79 Å². The maximum atomic E-state index is 11.7. The van der Waals surface area contributed by atoms with Crippen molar-refractivity contribution in [3.8, 4) is 0 Å². The molecule has 0 bridgehead atoms. The SMILES string of the molecule is CC(C)C(=O)Nc1ccc(Nc2ccc(N3CCCCC3)cc2)nc1. The predicted molar refractivity (Wildman–Crippen MR) is 103 cm³/mol. The fraction of sp³-hybridized carbons (Fsp3) is 0.400. The molecule has 0 saturated carbocycles. The van der Waals surface area contributed by atoms with E-state index in [1.165, 1.54) is 24.9 Å². The third-order valence-corrected chi connectivity index (χ3v) is 4.42. The van der Waals surface area contributed by atoms with Gasteiger partial charge in [0.2, 0.25) is 5.91 Å². The lowest BCUT2D eigenvalue weighted by Crippen LogP contribution is -2.29. The molecule has 0 spiro atoms. The molecule has 2 heterocycles. The Morgan fingerprint density at radius 2 is 1.68 bits per heavy atom. The zero-order valence-corrected chi connectivity index (χ0v) is 15.0. The second kappa shape index (κ2) is 8.01. The summed E-state index contributed by atoms with van der Waals surface area (Å²) in [5.74, 6) is 0.709. The fourth-order valence-electron chi connectivity index (χ4n) is 2.88. The third kappa shape index (κ3) is 4.72. The molecule has 0 aliphatic carbocycles. The van der Waals surface area contributed by atoms with Crippen molar-refractivity contribution >= 4 is 28.8 Å². The van der Waals surface area contributed by atoms with Crippen LogP contribution < -0.4 is 15.5 Å². The summed E-state index contributed by atoms with van der Waals surface area (Å²) >= 11 is 0. The Labute approximate surface area is 149 Å². The fourth-order valence-corrected chi connectivity index (χ4v) is 2.88. The van der Waals surface area contributed by atoms with Crippen LogP contribution in [0.2, 0.25) is 0 Å². The molecule has 1 aliphatic rings. The molecule has 25 heavy (non-hydrogen) atoms. The van der Waals surface area contributed by atoms with E-state index < -0.39 is 0 Å². The number of piperidine rings is 1. The lowest BCUT2D eigenvalue weighted by molar-refractivity contribution is -0.118. The summed E-state index contributed by atoms with van der Waals surface area (Å²) in [6, 6.07) is 12.2. The summed E-state index contributed by atoms with van der Waals surface area (Å²) in [4.78, 5) is 18.5. The highest BCUT2D eigenvalue weighted by atomic mass is 16.1. The van der Waals surface area contributed by atoms with Crippen LogP contribution in [0, 0.1) is 5.92 Å². The largest absolute Gasteiger partial charge is 0.372 e. The summed E-state index contributed by atoms with van der Waals surface area (Å²) in [7, 11) is 0. The van der Waals surface area contributed by atoms with Crippen molar-refractivity contribution in [1.29, 1.82) is 0 Å². The molecule has 2 aromatic rings. The van der Waals surface area contributed by atoms with E-state index in [1.54, 1.807) is 6.20 Å². The monoisotopic (exact) mass is 338 g/mol. The van der Waals surface area contributed by atoms with Gasteiger partial charge < -0.3 is 15.5 Å². The molecule has 1 amide bonds. The van der Waals surface area contributed by atoms with Gasteiger partial charge in [0, 0.05) is 30.4 Å². The second-order valence-corrected chi connectivity index (χ2v) is 6.80. The van der Waals surface area contributed by atoms with Crippen molar-refractivity contribution in [2.45, 2.75) is 33.1 Å². The molecule has 0 atom stereocenters. The van der Waals surface area contributed by atoms with Crippen LogP contribution in [0.5, 0.6) is 0 Å². The Kier molecular flexibility index (Phi) is 5.53. The van der Waals surface area contributed by atoms with E-state index in [1.807, 2.05) is 26.0 Å². The van der Waals surface area contributed by atoms with Crippen molar-refractivity contribution in [1.82, 2.24) is 4.98 Å². The minimum atomic E-state index is -0.0452. The zero-order chi connectivity index (χ0) is 17.6. The molecule has 1 aromatic heterocycles. The first-order chi connectivity index (χ1) is 12.1. The van der Waals surface area contributed by atoms with E-state index in [4.69, 9.17) is 0 Å². The number of benzene rings is 1. The van der Waals surface area contributed by atoms with Gasteiger partial charge in [-0.1, -0.05) is 13.8 Å². The number of carbonyl (C=O) groups excluding carboxylic acids is 1.